The van der Waals surface area contributed by atoms with Crippen LogP contribution in [0, 0.1) is 0 Å². The lowest BCUT2D eigenvalue weighted by Gasteiger charge is -2.22. The fourth-order valence-electron chi connectivity index (χ4n) is 4.01. The standard InChI is InChI=1S/C33H57NO3/c1-3-5-7-9-11-13-15-16-17-18-19-21-23-25-27-29-33(37)34-31(30-35)32(36)28-26-24-22-20-14-12-10-8-6-4-2/h5,7,11,13,16-17,19,21,25,27,31-32,35-36H,3-4,6,8-10,12,14-15,18,20,22-24,26,28-30H2,1-2H3,(H,34,37)/b7-5-,13-11-,17-16-,21-19-,27-25-. The molecule has 0 aliphatic rings. The van der Waals surface area contributed by atoms with Gasteiger partial charge in [-0.1, -0.05) is 139 Å². The molecule has 37 heavy (non-hydrogen) atoms. The van der Waals surface area contributed by atoms with E-state index in [-0.39, 0.29) is 18.9 Å². The van der Waals surface area contributed by atoms with Crippen LogP contribution in [-0.4, -0.2) is 34.9 Å². The molecule has 0 fully saturated rings. The molecule has 0 spiro atoms. The average molecular weight is 516 g/mol. The van der Waals surface area contributed by atoms with Gasteiger partial charge in [-0.15, -0.1) is 0 Å². The number of carbonyl (C=O) groups excluding carboxylic acids is 1. The van der Waals surface area contributed by atoms with E-state index in [1.807, 2.05) is 12.2 Å². The summed E-state index contributed by atoms with van der Waals surface area (Å²) in [6.45, 7) is 4.15. The lowest BCUT2D eigenvalue weighted by molar-refractivity contribution is -0.122. The van der Waals surface area contributed by atoms with Crippen LogP contribution in [0.15, 0.2) is 60.8 Å². The first kappa shape index (κ1) is 35.1. The average Bonchev–Trinajstić information content (AvgIpc) is 2.90. The molecule has 0 saturated carbocycles. The summed E-state index contributed by atoms with van der Waals surface area (Å²) in [4.78, 5) is 12.2. The molecule has 4 nitrogen and oxygen atoms in total. The zero-order valence-corrected chi connectivity index (χ0v) is 24.0. The van der Waals surface area contributed by atoms with Crippen molar-refractivity contribution in [2.24, 2.45) is 0 Å². The molecular weight excluding hydrogens is 458 g/mol. The minimum atomic E-state index is -0.698. The summed E-state index contributed by atoms with van der Waals surface area (Å²) in [7, 11) is 0. The number of hydrogen-bond acceptors (Lipinski definition) is 3. The highest BCUT2D eigenvalue weighted by molar-refractivity contribution is 5.77. The van der Waals surface area contributed by atoms with E-state index in [0.717, 1.165) is 44.9 Å². The van der Waals surface area contributed by atoms with Crippen LogP contribution in [0.3, 0.4) is 0 Å². The second-order valence-electron chi connectivity index (χ2n) is 9.81. The van der Waals surface area contributed by atoms with E-state index in [1.54, 1.807) is 0 Å². The van der Waals surface area contributed by atoms with Crippen LogP contribution >= 0.6 is 0 Å². The van der Waals surface area contributed by atoms with Crippen molar-refractivity contribution in [2.75, 3.05) is 6.61 Å². The van der Waals surface area contributed by atoms with Crippen LogP contribution in [0.5, 0.6) is 0 Å². The summed E-state index contributed by atoms with van der Waals surface area (Å²) in [5, 5.41) is 22.7. The predicted octanol–water partition coefficient (Wildman–Crippen LogP) is 8.28. The summed E-state index contributed by atoms with van der Waals surface area (Å²) < 4.78 is 0. The molecule has 2 atom stereocenters. The maximum Gasteiger partial charge on any atom is 0.224 e. The number of aliphatic hydroxyl groups is 2. The Morgan fingerprint density at radius 3 is 1.54 bits per heavy atom. The van der Waals surface area contributed by atoms with Crippen LogP contribution in [0.2, 0.25) is 0 Å². The molecule has 0 saturated heterocycles. The molecule has 0 rings (SSSR count). The van der Waals surface area contributed by atoms with Crippen molar-refractivity contribution in [2.45, 2.75) is 135 Å². The van der Waals surface area contributed by atoms with Gasteiger partial charge in [0.2, 0.25) is 5.91 Å². The number of rotatable bonds is 25. The molecule has 1 amide bonds. The zero-order chi connectivity index (χ0) is 27.2. The summed E-state index contributed by atoms with van der Waals surface area (Å²) in [6, 6.07) is -0.589. The maximum absolute atomic E-state index is 12.2. The molecule has 212 valence electrons. The van der Waals surface area contributed by atoms with Crippen molar-refractivity contribution >= 4 is 5.91 Å². The van der Waals surface area contributed by atoms with Gasteiger partial charge in [-0.3, -0.25) is 4.79 Å². The van der Waals surface area contributed by atoms with Crippen LogP contribution in [-0.2, 0) is 4.79 Å². The Labute approximate surface area is 228 Å². The Kier molecular flexibility index (Phi) is 27.2. The Morgan fingerprint density at radius 2 is 1.08 bits per heavy atom. The fourth-order valence-corrected chi connectivity index (χ4v) is 4.01. The molecule has 2 unspecified atom stereocenters. The Bertz CT molecular complexity index is 648. The number of carbonyl (C=O) groups is 1. The zero-order valence-electron chi connectivity index (χ0n) is 24.0. The summed E-state index contributed by atoms with van der Waals surface area (Å²) >= 11 is 0. The Hall–Kier alpha value is -1.91. The topological polar surface area (TPSA) is 69.6 Å². The van der Waals surface area contributed by atoms with Crippen LogP contribution in [0.25, 0.3) is 0 Å². The summed E-state index contributed by atoms with van der Waals surface area (Å²) in [5.41, 5.74) is 0. The predicted molar refractivity (Wildman–Crippen MR) is 161 cm³/mol. The molecule has 0 aromatic rings. The third-order valence-corrected chi connectivity index (χ3v) is 6.32. The second kappa shape index (κ2) is 28.7. The number of nitrogens with one attached hydrogen (secondary N) is 1. The summed E-state index contributed by atoms with van der Waals surface area (Å²) in [6.07, 6.45) is 38.5. The SMILES string of the molecule is CC/C=C\C/C=C\C/C=C\C/C=C\C/C=C\CC(=O)NC(CO)C(O)CCCCCCCCCCCC. The van der Waals surface area contributed by atoms with E-state index < -0.39 is 12.1 Å². The van der Waals surface area contributed by atoms with Crippen LogP contribution < -0.4 is 5.32 Å². The van der Waals surface area contributed by atoms with Crippen molar-refractivity contribution < 1.29 is 15.0 Å². The Morgan fingerprint density at radius 1 is 0.649 bits per heavy atom. The first-order valence-corrected chi connectivity index (χ1v) is 15.0. The van der Waals surface area contributed by atoms with Gasteiger partial charge in [0.05, 0.1) is 18.8 Å². The second-order valence-corrected chi connectivity index (χ2v) is 9.81. The minimum Gasteiger partial charge on any atom is -0.394 e. The van der Waals surface area contributed by atoms with E-state index in [9.17, 15) is 15.0 Å². The Balaban J connectivity index is 3.84. The van der Waals surface area contributed by atoms with Crippen LogP contribution in [0.1, 0.15) is 123 Å². The van der Waals surface area contributed by atoms with Crippen LogP contribution in [0.4, 0.5) is 0 Å². The van der Waals surface area contributed by atoms with E-state index >= 15 is 0 Å². The molecule has 0 aliphatic heterocycles. The molecule has 3 N–H and O–H groups in total. The van der Waals surface area contributed by atoms with Crippen molar-refractivity contribution in [3.05, 3.63) is 60.8 Å². The lowest BCUT2D eigenvalue weighted by Crippen LogP contribution is -2.45. The number of allylic oxidation sites excluding steroid dienone is 9. The molecular formula is C33H57NO3. The highest BCUT2D eigenvalue weighted by atomic mass is 16.3. The number of unbranched alkanes of at least 4 members (excludes halogenated alkanes) is 9. The highest BCUT2D eigenvalue weighted by Gasteiger charge is 2.19. The van der Waals surface area contributed by atoms with E-state index in [1.165, 1.54) is 51.4 Å². The van der Waals surface area contributed by atoms with Crippen molar-refractivity contribution in [1.29, 1.82) is 0 Å². The number of hydrogen-bond donors (Lipinski definition) is 3. The van der Waals surface area contributed by atoms with Gasteiger partial charge in [0.25, 0.3) is 0 Å². The van der Waals surface area contributed by atoms with Gasteiger partial charge in [0.1, 0.15) is 0 Å². The number of aliphatic hydroxyl groups excluding tert-OH is 2. The first-order chi connectivity index (χ1) is 18.2. The maximum atomic E-state index is 12.2. The first-order valence-electron chi connectivity index (χ1n) is 15.0. The molecule has 0 bridgehead atoms. The third kappa shape index (κ3) is 25.5. The summed E-state index contributed by atoms with van der Waals surface area (Å²) in [5.74, 6) is -0.164. The molecule has 0 aromatic carbocycles. The van der Waals surface area contributed by atoms with Gasteiger partial charge in [0.15, 0.2) is 0 Å². The van der Waals surface area contributed by atoms with Crippen molar-refractivity contribution in [1.82, 2.24) is 5.32 Å². The largest absolute Gasteiger partial charge is 0.394 e. The smallest absolute Gasteiger partial charge is 0.224 e. The monoisotopic (exact) mass is 515 g/mol. The van der Waals surface area contributed by atoms with E-state index in [2.05, 4.69) is 67.8 Å². The van der Waals surface area contributed by atoms with Gasteiger partial charge in [-0.25, -0.2) is 0 Å². The molecule has 4 heteroatoms. The van der Waals surface area contributed by atoms with Crippen molar-refractivity contribution in [3.8, 4) is 0 Å². The van der Waals surface area contributed by atoms with Gasteiger partial charge in [-0.2, -0.15) is 0 Å². The van der Waals surface area contributed by atoms with Gasteiger partial charge >= 0.3 is 0 Å². The molecule has 0 radical (unpaired) electrons. The quantitative estimate of drug-likeness (QED) is 0.0846. The molecule has 0 heterocycles. The highest BCUT2D eigenvalue weighted by Crippen LogP contribution is 2.13. The van der Waals surface area contributed by atoms with E-state index in [4.69, 9.17) is 0 Å². The van der Waals surface area contributed by atoms with Gasteiger partial charge in [0, 0.05) is 6.42 Å². The van der Waals surface area contributed by atoms with E-state index in [0.29, 0.717) is 6.42 Å². The third-order valence-electron chi connectivity index (χ3n) is 6.32. The van der Waals surface area contributed by atoms with Crippen molar-refractivity contribution in [3.63, 3.8) is 0 Å². The fraction of sp³-hybridized carbons (Fsp3) is 0.667. The lowest BCUT2D eigenvalue weighted by atomic mass is 10.0. The van der Waals surface area contributed by atoms with Gasteiger partial charge in [-0.05, 0) is 38.5 Å². The van der Waals surface area contributed by atoms with Gasteiger partial charge < -0.3 is 15.5 Å². The minimum absolute atomic E-state index is 0.164. The normalized spacial score (nSPS) is 14.2. The molecule has 0 aromatic heterocycles. The number of amides is 1. The molecule has 0 aliphatic carbocycles.